The molecule has 1 amide bonds. The van der Waals surface area contributed by atoms with Gasteiger partial charge in [0.2, 0.25) is 5.91 Å². The van der Waals surface area contributed by atoms with Crippen LogP contribution in [-0.2, 0) is 11.3 Å². The zero-order valence-electron chi connectivity index (χ0n) is 9.25. The number of nitrogens with zero attached hydrogens (tertiary/aromatic N) is 4. The van der Waals surface area contributed by atoms with Gasteiger partial charge in [0, 0.05) is 25.8 Å². The molecule has 1 aliphatic rings. The number of hydrogen-bond acceptors (Lipinski definition) is 3. The van der Waals surface area contributed by atoms with Gasteiger partial charge in [0.15, 0.2) is 0 Å². The highest BCUT2D eigenvalue weighted by molar-refractivity contribution is 5.87. The summed E-state index contributed by atoms with van der Waals surface area (Å²) in [5, 5.41) is 7.73. The van der Waals surface area contributed by atoms with Gasteiger partial charge in [0.1, 0.15) is 0 Å². The van der Waals surface area contributed by atoms with Crippen molar-refractivity contribution in [2.45, 2.75) is 19.4 Å². The van der Waals surface area contributed by atoms with E-state index in [1.165, 1.54) is 6.08 Å². The van der Waals surface area contributed by atoms with E-state index in [0.29, 0.717) is 5.92 Å². The molecular formula is C11H16N4O. The Morgan fingerprint density at radius 3 is 2.81 bits per heavy atom. The average molecular weight is 220 g/mol. The maximum atomic E-state index is 11.4. The lowest BCUT2D eigenvalue weighted by molar-refractivity contribution is -0.127. The van der Waals surface area contributed by atoms with E-state index in [1.54, 1.807) is 6.20 Å². The van der Waals surface area contributed by atoms with Crippen molar-refractivity contribution in [3.05, 3.63) is 25.0 Å². The molecule has 2 rings (SSSR count). The van der Waals surface area contributed by atoms with Crippen LogP contribution in [-0.4, -0.2) is 38.9 Å². The quantitative estimate of drug-likeness (QED) is 0.705. The van der Waals surface area contributed by atoms with E-state index in [9.17, 15) is 4.79 Å². The molecule has 1 aromatic rings. The predicted molar refractivity (Wildman–Crippen MR) is 59.5 cm³/mol. The molecule has 2 heterocycles. The Balaban J connectivity index is 1.81. The van der Waals surface area contributed by atoms with E-state index in [-0.39, 0.29) is 5.91 Å². The second kappa shape index (κ2) is 4.92. The summed E-state index contributed by atoms with van der Waals surface area (Å²) in [5.41, 5.74) is 0. The minimum atomic E-state index is 0.0409. The van der Waals surface area contributed by atoms with Gasteiger partial charge in [0.25, 0.3) is 0 Å². The van der Waals surface area contributed by atoms with Crippen LogP contribution in [0.1, 0.15) is 12.8 Å². The van der Waals surface area contributed by atoms with Crippen molar-refractivity contribution in [3.8, 4) is 0 Å². The summed E-state index contributed by atoms with van der Waals surface area (Å²) in [7, 11) is 0. The first-order chi connectivity index (χ1) is 7.79. The second-order valence-corrected chi connectivity index (χ2v) is 4.10. The lowest BCUT2D eigenvalue weighted by Crippen LogP contribution is -2.38. The highest BCUT2D eigenvalue weighted by Gasteiger charge is 2.21. The SMILES string of the molecule is C=CC(=O)N1CCC(Cn2ccnn2)CC1. The molecule has 0 radical (unpaired) electrons. The standard InChI is InChI=1S/C11H16N4O/c1-2-11(16)14-6-3-10(4-7-14)9-15-8-5-12-13-15/h2,5,8,10H,1,3-4,6-7,9H2. The van der Waals surface area contributed by atoms with Crippen LogP contribution in [0.4, 0.5) is 0 Å². The summed E-state index contributed by atoms with van der Waals surface area (Å²) in [6, 6.07) is 0. The molecular weight excluding hydrogens is 204 g/mol. The van der Waals surface area contributed by atoms with Crippen LogP contribution in [0.2, 0.25) is 0 Å². The minimum absolute atomic E-state index is 0.0409. The van der Waals surface area contributed by atoms with E-state index in [1.807, 2.05) is 15.8 Å². The van der Waals surface area contributed by atoms with Crippen LogP contribution >= 0.6 is 0 Å². The third kappa shape index (κ3) is 2.48. The molecule has 1 saturated heterocycles. The normalized spacial score (nSPS) is 17.4. The van der Waals surface area contributed by atoms with Gasteiger partial charge in [-0.05, 0) is 24.8 Å². The summed E-state index contributed by atoms with van der Waals surface area (Å²) in [6.07, 6.45) is 7.01. The first-order valence-corrected chi connectivity index (χ1v) is 5.55. The number of piperidine rings is 1. The van der Waals surface area contributed by atoms with Gasteiger partial charge in [-0.2, -0.15) is 0 Å². The van der Waals surface area contributed by atoms with Gasteiger partial charge in [-0.25, -0.2) is 0 Å². The Bertz CT molecular complexity index is 352. The molecule has 0 saturated carbocycles. The maximum Gasteiger partial charge on any atom is 0.245 e. The van der Waals surface area contributed by atoms with Crippen LogP contribution in [0, 0.1) is 5.92 Å². The summed E-state index contributed by atoms with van der Waals surface area (Å²) in [6.45, 7) is 6.05. The summed E-state index contributed by atoms with van der Waals surface area (Å²) in [4.78, 5) is 13.2. The van der Waals surface area contributed by atoms with Gasteiger partial charge >= 0.3 is 0 Å². The highest BCUT2D eigenvalue weighted by Crippen LogP contribution is 2.18. The number of aromatic nitrogens is 3. The molecule has 5 heteroatoms. The topological polar surface area (TPSA) is 51.0 Å². The van der Waals surface area contributed by atoms with Crippen molar-refractivity contribution in [1.82, 2.24) is 19.9 Å². The number of likely N-dealkylation sites (tertiary alicyclic amines) is 1. The molecule has 0 unspecified atom stereocenters. The Kier molecular flexibility index (Phi) is 3.34. The highest BCUT2D eigenvalue weighted by atomic mass is 16.2. The molecule has 1 aromatic heterocycles. The van der Waals surface area contributed by atoms with Crippen molar-refractivity contribution in [2.75, 3.05) is 13.1 Å². The number of amides is 1. The van der Waals surface area contributed by atoms with Crippen molar-refractivity contribution in [1.29, 1.82) is 0 Å². The van der Waals surface area contributed by atoms with Crippen molar-refractivity contribution in [2.24, 2.45) is 5.92 Å². The molecule has 1 fully saturated rings. The number of carbonyl (C=O) groups is 1. The molecule has 0 aromatic carbocycles. The molecule has 86 valence electrons. The second-order valence-electron chi connectivity index (χ2n) is 4.10. The number of carbonyl (C=O) groups excluding carboxylic acids is 1. The van der Waals surface area contributed by atoms with E-state index >= 15 is 0 Å². The Labute approximate surface area is 94.7 Å². The molecule has 0 atom stereocenters. The fourth-order valence-electron chi connectivity index (χ4n) is 2.06. The van der Waals surface area contributed by atoms with Crippen LogP contribution < -0.4 is 0 Å². The monoisotopic (exact) mass is 220 g/mol. The zero-order chi connectivity index (χ0) is 11.4. The van der Waals surface area contributed by atoms with Crippen LogP contribution in [0.5, 0.6) is 0 Å². The number of hydrogen-bond donors (Lipinski definition) is 0. The first-order valence-electron chi connectivity index (χ1n) is 5.55. The minimum Gasteiger partial charge on any atom is -0.339 e. The summed E-state index contributed by atoms with van der Waals surface area (Å²) >= 11 is 0. The van der Waals surface area contributed by atoms with Crippen molar-refractivity contribution >= 4 is 5.91 Å². The fourth-order valence-corrected chi connectivity index (χ4v) is 2.06. The lowest BCUT2D eigenvalue weighted by atomic mass is 9.97. The predicted octanol–water partition coefficient (Wildman–Crippen LogP) is 0.703. The first kappa shape index (κ1) is 10.9. The molecule has 0 N–H and O–H groups in total. The smallest absolute Gasteiger partial charge is 0.245 e. The Hall–Kier alpha value is -1.65. The largest absolute Gasteiger partial charge is 0.339 e. The molecule has 0 spiro atoms. The van der Waals surface area contributed by atoms with Gasteiger partial charge < -0.3 is 4.90 Å². The Morgan fingerprint density at radius 2 is 2.25 bits per heavy atom. The lowest BCUT2D eigenvalue weighted by Gasteiger charge is -2.31. The van der Waals surface area contributed by atoms with Crippen LogP contribution in [0.25, 0.3) is 0 Å². The molecule has 1 aliphatic heterocycles. The van der Waals surface area contributed by atoms with E-state index in [0.717, 1.165) is 32.5 Å². The maximum absolute atomic E-state index is 11.4. The van der Waals surface area contributed by atoms with Crippen molar-refractivity contribution < 1.29 is 4.79 Å². The van der Waals surface area contributed by atoms with Crippen LogP contribution in [0.15, 0.2) is 25.0 Å². The molecule has 0 aliphatic carbocycles. The molecule has 5 nitrogen and oxygen atoms in total. The van der Waals surface area contributed by atoms with Gasteiger partial charge in [-0.3, -0.25) is 9.48 Å². The van der Waals surface area contributed by atoms with Gasteiger partial charge in [0.05, 0.1) is 6.20 Å². The fraction of sp³-hybridized carbons (Fsp3) is 0.545. The van der Waals surface area contributed by atoms with E-state index < -0.39 is 0 Å². The average Bonchev–Trinajstić information content (AvgIpc) is 2.82. The van der Waals surface area contributed by atoms with Gasteiger partial charge in [-0.15, -0.1) is 5.10 Å². The van der Waals surface area contributed by atoms with Crippen molar-refractivity contribution in [3.63, 3.8) is 0 Å². The molecule has 0 bridgehead atoms. The summed E-state index contributed by atoms with van der Waals surface area (Å²) in [5.74, 6) is 0.634. The number of rotatable bonds is 3. The Morgan fingerprint density at radius 1 is 1.50 bits per heavy atom. The third-order valence-electron chi connectivity index (χ3n) is 3.02. The van der Waals surface area contributed by atoms with Gasteiger partial charge in [-0.1, -0.05) is 11.8 Å². The summed E-state index contributed by atoms with van der Waals surface area (Å²) < 4.78 is 1.86. The van der Waals surface area contributed by atoms with E-state index in [2.05, 4.69) is 16.9 Å². The zero-order valence-corrected chi connectivity index (χ0v) is 9.25. The van der Waals surface area contributed by atoms with Crippen LogP contribution in [0.3, 0.4) is 0 Å². The van der Waals surface area contributed by atoms with E-state index in [4.69, 9.17) is 0 Å². The molecule has 16 heavy (non-hydrogen) atoms. The third-order valence-corrected chi connectivity index (χ3v) is 3.02.